The Hall–Kier alpha value is -1.88. The van der Waals surface area contributed by atoms with Crippen LogP contribution < -0.4 is 0 Å². The van der Waals surface area contributed by atoms with E-state index >= 15 is 0 Å². The first-order valence-corrected chi connectivity index (χ1v) is 9.63. The van der Waals surface area contributed by atoms with Crippen molar-refractivity contribution in [3.63, 3.8) is 0 Å². The highest BCUT2D eigenvalue weighted by Crippen LogP contribution is 2.34. The van der Waals surface area contributed by atoms with Gasteiger partial charge in [-0.25, -0.2) is 4.98 Å². The van der Waals surface area contributed by atoms with Gasteiger partial charge in [-0.05, 0) is 31.0 Å². The normalized spacial score (nSPS) is 19.4. The molecule has 3 heterocycles. The van der Waals surface area contributed by atoms with E-state index in [-0.39, 0.29) is 0 Å². The molecule has 5 rings (SSSR count). The van der Waals surface area contributed by atoms with E-state index in [1.54, 1.807) is 6.20 Å². The number of rotatable bonds is 2. The number of aromatic nitrogens is 3. The third-order valence-corrected chi connectivity index (χ3v) is 6.15. The van der Waals surface area contributed by atoms with E-state index in [9.17, 15) is 0 Å². The first-order valence-electron chi connectivity index (χ1n) is 8.88. The molecule has 0 bridgehead atoms. The number of aromatic amines is 1. The number of hydrogen-bond donors (Lipinski definition) is 1. The van der Waals surface area contributed by atoms with E-state index in [1.165, 1.54) is 17.0 Å². The number of aryl methyl sites for hydroxylation is 1. The molecule has 0 saturated carbocycles. The third kappa shape index (κ3) is 2.73. The van der Waals surface area contributed by atoms with Crippen LogP contribution >= 0.6 is 23.2 Å². The molecular formula is C20H18Cl2N4. The van der Waals surface area contributed by atoms with Gasteiger partial charge in [0.1, 0.15) is 5.82 Å². The average Bonchev–Trinajstić information content (AvgIpc) is 3.26. The molecule has 0 amide bonds. The predicted octanol–water partition coefficient (Wildman–Crippen LogP) is 4.65. The molecule has 1 N–H and O–H groups in total. The van der Waals surface area contributed by atoms with Crippen molar-refractivity contribution in [2.24, 2.45) is 0 Å². The van der Waals surface area contributed by atoms with Gasteiger partial charge in [0.25, 0.3) is 0 Å². The molecule has 0 saturated heterocycles. The van der Waals surface area contributed by atoms with Gasteiger partial charge in [-0.3, -0.25) is 9.88 Å². The van der Waals surface area contributed by atoms with Crippen LogP contribution in [0.5, 0.6) is 0 Å². The minimum Gasteiger partial charge on any atom is -0.342 e. The lowest BCUT2D eigenvalue weighted by Gasteiger charge is -2.30. The summed E-state index contributed by atoms with van der Waals surface area (Å²) in [6, 6.07) is 10.2. The lowest BCUT2D eigenvalue weighted by Crippen LogP contribution is -2.35. The summed E-state index contributed by atoms with van der Waals surface area (Å²) in [6.07, 6.45) is 4.85. The van der Waals surface area contributed by atoms with Crippen LogP contribution in [-0.4, -0.2) is 25.9 Å². The third-order valence-electron chi connectivity index (χ3n) is 5.47. The van der Waals surface area contributed by atoms with Gasteiger partial charge in [0.05, 0.1) is 16.4 Å². The summed E-state index contributed by atoms with van der Waals surface area (Å²) in [4.78, 5) is 15.3. The molecule has 26 heavy (non-hydrogen) atoms. The zero-order valence-electron chi connectivity index (χ0n) is 14.2. The molecule has 1 aliphatic carbocycles. The predicted molar refractivity (Wildman–Crippen MR) is 103 cm³/mol. The van der Waals surface area contributed by atoms with Gasteiger partial charge < -0.3 is 4.98 Å². The number of nitrogens with zero attached hydrogens (tertiary/aromatic N) is 3. The van der Waals surface area contributed by atoms with Crippen LogP contribution in [0.4, 0.5) is 0 Å². The van der Waals surface area contributed by atoms with E-state index in [2.05, 4.69) is 14.9 Å². The van der Waals surface area contributed by atoms with Gasteiger partial charge >= 0.3 is 0 Å². The number of pyridine rings is 1. The highest BCUT2D eigenvalue weighted by atomic mass is 35.5. The van der Waals surface area contributed by atoms with Crippen LogP contribution in [-0.2, 0) is 25.9 Å². The molecule has 1 aromatic carbocycles. The van der Waals surface area contributed by atoms with Crippen LogP contribution in [0, 0.1) is 0 Å². The highest BCUT2D eigenvalue weighted by Gasteiger charge is 2.32. The fraction of sp³-hybridized carbons (Fsp3) is 0.300. The van der Waals surface area contributed by atoms with Gasteiger partial charge in [0, 0.05) is 53.6 Å². The topological polar surface area (TPSA) is 44.8 Å². The van der Waals surface area contributed by atoms with Crippen LogP contribution in [0.25, 0.3) is 11.4 Å². The number of imidazole rings is 1. The standard InChI is InChI=1S/C20H18Cl2N4/c21-15-4-2-1-3-13(15)20-24-17-6-5-12(9-18(17)25-20)26-10-14-16(22)7-8-23-19(14)11-26/h1-4,7-8,12H,5-6,9-11H2,(H,24,25). The lowest BCUT2D eigenvalue weighted by atomic mass is 9.95. The van der Waals surface area contributed by atoms with Crippen molar-refractivity contribution in [2.75, 3.05) is 0 Å². The SMILES string of the molecule is Clc1ccccc1-c1nc2c([nH]1)CC(N1Cc3nccc(Cl)c3C1)CC2. The van der Waals surface area contributed by atoms with Crippen molar-refractivity contribution in [2.45, 2.75) is 38.4 Å². The quantitative estimate of drug-likeness (QED) is 0.698. The van der Waals surface area contributed by atoms with Crippen molar-refractivity contribution >= 4 is 23.2 Å². The maximum Gasteiger partial charge on any atom is 0.139 e. The molecule has 0 radical (unpaired) electrons. The molecule has 2 aliphatic rings. The number of benzene rings is 1. The summed E-state index contributed by atoms with van der Waals surface area (Å²) >= 11 is 12.7. The first-order chi connectivity index (χ1) is 12.7. The van der Waals surface area contributed by atoms with E-state index in [4.69, 9.17) is 28.2 Å². The second-order valence-electron chi connectivity index (χ2n) is 7.01. The van der Waals surface area contributed by atoms with Crippen molar-refractivity contribution in [3.8, 4) is 11.4 Å². The molecule has 1 aliphatic heterocycles. The van der Waals surface area contributed by atoms with Crippen molar-refractivity contribution in [1.29, 1.82) is 0 Å². The Labute approximate surface area is 162 Å². The van der Waals surface area contributed by atoms with Gasteiger partial charge in [-0.15, -0.1) is 0 Å². The molecule has 3 aromatic rings. The van der Waals surface area contributed by atoms with E-state index in [0.717, 1.165) is 59.5 Å². The van der Waals surface area contributed by atoms with Crippen LogP contribution in [0.15, 0.2) is 36.5 Å². The zero-order valence-corrected chi connectivity index (χ0v) is 15.7. The van der Waals surface area contributed by atoms with Crippen LogP contribution in [0.2, 0.25) is 10.0 Å². The fourth-order valence-electron chi connectivity index (χ4n) is 4.08. The van der Waals surface area contributed by atoms with Crippen LogP contribution in [0.3, 0.4) is 0 Å². The minimum absolute atomic E-state index is 0.479. The number of hydrogen-bond acceptors (Lipinski definition) is 3. The molecule has 0 fully saturated rings. The molecule has 0 spiro atoms. The van der Waals surface area contributed by atoms with Crippen molar-refractivity contribution < 1.29 is 0 Å². The maximum atomic E-state index is 6.35. The first kappa shape index (κ1) is 16.3. The summed E-state index contributed by atoms with van der Waals surface area (Å²) in [5, 5.41) is 1.56. The Kier molecular flexibility index (Phi) is 4.00. The van der Waals surface area contributed by atoms with Gasteiger partial charge in [-0.1, -0.05) is 35.3 Å². The van der Waals surface area contributed by atoms with Crippen LogP contribution in [0.1, 0.15) is 29.1 Å². The number of nitrogens with one attached hydrogen (secondary N) is 1. The van der Waals surface area contributed by atoms with E-state index < -0.39 is 0 Å². The van der Waals surface area contributed by atoms with Gasteiger partial charge in [-0.2, -0.15) is 0 Å². The molecule has 2 aromatic heterocycles. The second-order valence-corrected chi connectivity index (χ2v) is 7.82. The van der Waals surface area contributed by atoms with Crippen molar-refractivity contribution in [1.82, 2.24) is 19.9 Å². The molecule has 4 nitrogen and oxygen atoms in total. The Bertz CT molecular complexity index is 982. The van der Waals surface area contributed by atoms with Crippen molar-refractivity contribution in [3.05, 3.63) is 69.2 Å². The Morgan fingerprint density at radius 2 is 1.92 bits per heavy atom. The average molecular weight is 385 g/mol. The lowest BCUT2D eigenvalue weighted by molar-refractivity contribution is 0.179. The molecule has 1 unspecified atom stereocenters. The molecule has 132 valence electrons. The summed E-state index contributed by atoms with van der Waals surface area (Å²) < 4.78 is 0. The monoisotopic (exact) mass is 384 g/mol. The number of fused-ring (bicyclic) bond motifs is 2. The minimum atomic E-state index is 0.479. The number of halogens is 2. The highest BCUT2D eigenvalue weighted by molar-refractivity contribution is 6.33. The summed E-state index contributed by atoms with van der Waals surface area (Å²) in [7, 11) is 0. The maximum absolute atomic E-state index is 6.35. The van der Waals surface area contributed by atoms with Gasteiger partial charge in [0.15, 0.2) is 0 Å². The van der Waals surface area contributed by atoms with Gasteiger partial charge in [0.2, 0.25) is 0 Å². The largest absolute Gasteiger partial charge is 0.342 e. The molecule has 1 atom stereocenters. The second kappa shape index (κ2) is 6.38. The molecule has 6 heteroatoms. The summed E-state index contributed by atoms with van der Waals surface area (Å²) in [5.74, 6) is 0.871. The summed E-state index contributed by atoms with van der Waals surface area (Å²) in [5.41, 5.74) is 5.66. The zero-order chi connectivity index (χ0) is 17.7. The number of H-pyrrole nitrogens is 1. The Balaban J connectivity index is 1.38. The smallest absolute Gasteiger partial charge is 0.139 e. The van der Waals surface area contributed by atoms with E-state index in [0.29, 0.717) is 6.04 Å². The summed E-state index contributed by atoms with van der Waals surface area (Å²) in [6.45, 7) is 1.76. The fourth-order valence-corrected chi connectivity index (χ4v) is 4.53. The molecular weight excluding hydrogens is 367 g/mol. The Morgan fingerprint density at radius 1 is 1.04 bits per heavy atom. The van der Waals surface area contributed by atoms with E-state index in [1.807, 2.05) is 30.3 Å². The Morgan fingerprint density at radius 3 is 2.77 bits per heavy atom.